The molecule has 7 heteroatoms. The number of carbonyl (C=O) groups excluding carboxylic acids is 3. The number of nitrogens with one attached hydrogen (secondary N) is 1. The van der Waals surface area contributed by atoms with Crippen LogP contribution in [0.4, 0.5) is 10.5 Å². The molecule has 1 saturated heterocycles. The van der Waals surface area contributed by atoms with Crippen LogP contribution in [0.2, 0.25) is 0 Å². The molecule has 1 aliphatic rings. The van der Waals surface area contributed by atoms with Crippen molar-refractivity contribution in [3.63, 3.8) is 0 Å². The van der Waals surface area contributed by atoms with Crippen molar-refractivity contribution >= 4 is 40.6 Å². The molecule has 3 amide bonds. The van der Waals surface area contributed by atoms with Gasteiger partial charge in [0.05, 0.1) is 0 Å². The second kappa shape index (κ2) is 9.30. The lowest BCUT2D eigenvalue weighted by molar-refractivity contribution is -0.124. The smallest absolute Gasteiger partial charge is 0.417 e. The zero-order chi connectivity index (χ0) is 24.4. The van der Waals surface area contributed by atoms with Crippen LogP contribution in [-0.2, 0) is 9.53 Å². The van der Waals surface area contributed by atoms with Gasteiger partial charge in [-0.1, -0.05) is 54.6 Å². The number of rotatable bonds is 5. The average molecular weight is 466 g/mol. The van der Waals surface area contributed by atoms with Crippen molar-refractivity contribution in [3.05, 3.63) is 108 Å². The minimum atomic E-state index is -0.653. The summed E-state index contributed by atoms with van der Waals surface area (Å²) in [5, 5.41) is 0.840. The number of carbonyl (C=O) groups is 3. The second-order valence-corrected chi connectivity index (χ2v) is 8.27. The number of benzene rings is 3. The van der Waals surface area contributed by atoms with Gasteiger partial charge in [0.25, 0.3) is 11.8 Å². The molecule has 0 spiro atoms. The van der Waals surface area contributed by atoms with Crippen molar-refractivity contribution in [3.8, 4) is 0 Å². The molecule has 5 rings (SSSR count). The van der Waals surface area contributed by atoms with Crippen LogP contribution in [0.15, 0.2) is 91.0 Å². The van der Waals surface area contributed by atoms with Crippen LogP contribution < -0.4 is 4.90 Å². The molecular weight excluding hydrogens is 442 g/mol. The summed E-state index contributed by atoms with van der Waals surface area (Å²) >= 11 is 0. The van der Waals surface area contributed by atoms with Crippen molar-refractivity contribution < 1.29 is 19.1 Å². The SMILES string of the molecule is CN(C(=O)c1cc2cc(/C=C/C(=O)N3C(=O)OC[C@H]3c3ccccc3)ccc2[nH]1)c1ccccc1. The standard InChI is InChI=1S/C28H23N3O4/c1-30(22-10-6-3-7-11-22)27(33)24-17-21-16-19(12-14-23(21)29-24)13-15-26(32)31-25(18-35-28(31)34)20-8-4-2-5-9-20/h2-17,25,29H,18H2,1H3/b15-13+/t25-/m0/s1. The molecule has 0 saturated carbocycles. The number of aromatic nitrogens is 1. The summed E-state index contributed by atoms with van der Waals surface area (Å²) in [7, 11) is 1.73. The topological polar surface area (TPSA) is 82.7 Å². The van der Waals surface area contributed by atoms with Crippen LogP contribution in [0.25, 0.3) is 17.0 Å². The second-order valence-electron chi connectivity index (χ2n) is 8.27. The lowest BCUT2D eigenvalue weighted by Gasteiger charge is -2.18. The molecule has 0 unspecified atom stereocenters. The highest BCUT2D eigenvalue weighted by Crippen LogP contribution is 2.28. The first kappa shape index (κ1) is 22.2. The van der Waals surface area contributed by atoms with Crippen molar-refractivity contribution in [1.29, 1.82) is 0 Å². The van der Waals surface area contributed by atoms with Gasteiger partial charge in [-0.2, -0.15) is 0 Å². The fourth-order valence-electron chi connectivity index (χ4n) is 4.15. The quantitative estimate of drug-likeness (QED) is 0.412. The molecule has 4 aromatic rings. The van der Waals surface area contributed by atoms with E-state index in [0.717, 1.165) is 32.6 Å². The molecule has 1 aromatic heterocycles. The van der Waals surface area contributed by atoms with E-state index < -0.39 is 18.0 Å². The predicted molar refractivity (Wildman–Crippen MR) is 134 cm³/mol. The van der Waals surface area contributed by atoms with Gasteiger partial charge in [0.15, 0.2) is 0 Å². The van der Waals surface area contributed by atoms with Crippen molar-refractivity contribution in [2.75, 3.05) is 18.6 Å². The van der Waals surface area contributed by atoms with Gasteiger partial charge in [0.1, 0.15) is 18.3 Å². The number of aromatic amines is 1. The van der Waals surface area contributed by atoms with E-state index >= 15 is 0 Å². The maximum absolute atomic E-state index is 12.9. The fourth-order valence-corrected chi connectivity index (χ4v) is 4.15. The first-order chi connectivity index (χ1) is 17.0. The lowest BCUT2D eigenvalue weighted by Crippen LogP contribution is -2.32. The minimum Gasteiger partial charge on any atom is -0.446 e. The van der Waals surface area contributed by atoms with E-state index in [1.807, 2.05) is 78.9 Å². The summed E-state index contributed by atoms with van der Waals surface area (Å²) in [6.45, 7) is 0.131. The largest absolute Gasteiger partial charge is 0.446 e. The van der Waals surface area contributed by atoms with E-state index in [-0.39, 0.29) is 12.5 Å². The Bertz CT molecular complexity index is 1430. The molecule has 35 heavy (non-hydrogen) atoms. The van der Waals surface area contributed by atoms with Crippen LogP contribution in [0, 0.1) is 0 Å². The Kier molecular flexibility index (Phi) is 5.89. The van der Waals surface area contributed by atoms with Crippen molar-refractivity contribution in [2.24, 2.45) is 0 Å². The molecule has 0 aliphatic carbocycles. The van der Waals surface area contributed by atoms with Gasteiger partial charge in [0.2, 0.25) is 0 Å². The summed E-state index contributed by atoms with van der Waals surface area (Å²) < 4.78 is 5.13. The van der Waals surface area contributed by atoms with Crippen molar-refractivity contribution in [1.82, 2.24) is 9.88 Å². The maximum Gasteiger partial charge on any atom is 0.417 e. The molecule has 1 aliphatic heterocycles. The van der Waals surface area contributed by atoms with Crippen molar-refractivity contribution in [2.45, 2.75) is 6.04 Å². The third-order valence-electron chi connectivity index (χ3n) is 6.04. The Morgan fingerprint density at radius 2 is 1.71 bits per heavy atom. The highest BCUT2D eigenvalue weighted by Gasteiger charge is 2.37. The molecule has 3 aromatic carbocycles. The minimum absolute atomic E-state index is 0.131. The summed E-state index contributed by atoms with van der Waals surface area (Å²) in [5.74, 6) is -0.602. The molecule has 174 valence electrons. The number of ether oxygens (including phenoxy) is 1. The van der Waals surface area contributed by atoms with E-state index in [1.165, 1.54) is 6.08 Å². The summed E-state index contributed by atoms with van der Waals surface area (Å²) in [4.78, 5) is 43.9. The third kappa shape index (κ3) is 4.44. The number of amides is 3. The van der Waals surface area contributed by atoms with Gasteiger partial charge in [-0.05, 0) is 47.5 Å². The maximum atomic E-state index is 12.9. The average Bonchev–Trinajstić information content (AvgIpc) is 3.50. The zero-order valence-electron chi connectivity index (χ0n) is 19.0. The van der Waals surface area contributed by atoms with Crippen LogP contribution in [0.3, 0.4) is 0 Å². The Labute approximate surface area is 202 Å². The molecule has 2 heterocycles. The van der Waals surface area contributed by atoms with Gasteiger partial charge in [-0.25, -0.2) is 9.69 Å². The van der Waals surface area contributed by atoms with E-state index in [4.69, 9.17) is 4.74 Å². The van der Waals surface area contributed by atoms with Gasteiger partial charge in [-0.15, -0.1) is 0 Å². The number of fused-ring (bicyclic) bond motifs is 1. The Balaban J connectivity index is 1.34. The number of hydrogen-bond acceptors (Lipinski definition) is 4. The molecule has 0 bridgehead atoms. The Morgan fingerprint density at radius 3 is 2.46 bits per heavy atom. The summed E-state index contributed by atoms with van der Waals surface area (Å²) in [5.41, 5.74) is 3.68. The Morgan fingerprint density at radius 1 is 1.00 bits per heavy atom. The van der Waals surface area contributed by atoms with Gasteiger partial charge in [-0.3, -0.25) is 9.59 Å². The lowest BCUT2D eigenvalue weighted by atomic mass is 10.1. The van der Waals surface area contributed by atoms with Gasteiger partial charge >= 0.3 is 6.09 Å². The molecule has 1 N–H and O–H groups in total. The van der Waals surface area contributed by atoms with Crippen LogP contribution >= 0.6 is 0 Å². The molecule has 7 nitrogen and oxygen atoms in total. The van der Waals surface area contributed by atoms with E-state index in [0.29, 0.717) is 5.69 Å². The summed E-state index contributed by atoms with van der Waals surface area (Å²) in [6.07, 6.45) is 2.37. The van der Waals surface area contributed by atoms with E-state index in [2.05, 4.69) is 4.98 Å². The van der Waals surface area contributed by atoms with Crippen LogP contribution in [0.1, 0.15) is 27.7 Å². The number of imide groups is 1. The number of cyclic esters (lactones) is 1. The number of H-pyrrole nitrogens is 1. The number of anilines is 1. The van der Waals surface area contributed by atoms with E-state index in [9.17, 15) is 14.4 Å². The highest BCUT2D eigenvalue weighted by atomic mass is 16.6. The van der Waals surface area contributed by atoms with Gasteiger partial charge < -0.3 is 14.6 Å². The van der Waals surface area contributed by atoms with Gasteiger partial charge in [0, 0.05) is 29.7 Å². The normalized spacial score (nSPS) is 15.5. The predicted octanol–water partition coefficient (Wildman–Crippen LogP) is 5.18. The third-order valence-corrected chi connectivity index (χ3v) is 6.04. The number of nitrogens with zero attached hydrogens (tertiary/aromatic N) is 2. The fraction of sp³-hybridized carbons (Fsp3) is 0.107. The van der Waals surface area contributed by atoms with Crippen LogP contribution in [0.5, 0.6) is 0 Å². The molecule has 0 radical (unpaired) electrons. The molecular formula is C28H23N3O4. The summed E-state index contributed by atoms with van der Waals surface area (Å²) in [6, 6.07) is 25.7. The Hall–Kier alpha value is -4.65. The zero-order valence-corrected chi connectivity index (χ0v) is 19.0. The first-order valence-electron chi connectivity index (χ1n) is 11.2. The number of hydrogen-bond donors (Lipinski definition) is 1. The molecule has 1 fully saturated rings. The first-order valence-corrected chi connectivity index (χ1v) is 11.2. The van der Waals surface area contributed by atoms with Crippen LogP contribution in [-0.4, -0.2) is 41.4 Å². The highest BCUT2D eigenvalue weighted by molar-refractivity contribution is 6.07. The van der Waals surface area contributed by atoms with E-state index in [1.54, 1.807) is 24.1 Å². The molecule has 1 atom stereocenters. The number of para-hydroxylation sites is 1. The monoisotopic (exact) mass is 465 g/mol.